The Morgan fingerprint density at radius 3 is 2.45 bits per heavy atom. The summed E-state index contributed by atoms with van der Waals surface area (Å²) in [5, 5.41) is 2.45. The lowest BCUT2D eigenvalue weighted by Crippen LogP contribution is -1.91. The summed E-state index contributed by atoms with van der Waals surface area (Å²) in [5.74, 6) is 0.615. The van der Waals surface area contributed by atoms with E-state index >= 15 is 0 Å². The first-order valence-electron chi connectivity index (χ1n) is 7.23. The first kappa shape index (κ1) is 12.9. The van der Waals surface area contributed by atoms with E-state index in [4.69, 9.17) is 0 Å². The molecular formula is C19H19N. The summed E-state index contributed by atoms with van der Waals surface area (Å²) >= 11 is 0. The number of aromatic nitrogens is 1. The van der Waals surface area contributed by atoms with E-state index in [-0.39, 0.29) is 0 Å². The number of benzene rings is 2. The average Bonchev–Trinajstić information content (AvgIpc) is 2.54. The molecule has 0 radical (unpaired) electrons. The third-order valence-corrected chi connectivity index (χ3v) is 4.04. The van der Waals surface area contributed by atoms with Gasteiger partial charge in [-0.05, 0) is 29.4 Å². The van der Waals surface area contributed by atoms with Crippen LogP contribution in [0, 0.1) is 0 Å². The van der Waals surface area contributed by atoms with Crippen LogP contribution >= 0.6 is 0 Å². The van der Waals surface area contributed by atoms with E-state index in [0.717, 1.165) is 5.69 Å². The van der Waals surface area contributed by atoms with E-state index in [2.05, 4.69) is 73.4 Å². The molecular weight excluding hydrogens is 242 g/mol. The number of fused-ring (bicyclic) bond motifs is 1. The Bertz CT molecular complexity index is 708. The van der Waals surface area contributed by atoms with Gasteiger partial charge in [0.1, 0.15) is 0 Å². The first-order chi connectivity index (χ1) is 9.79. The van der Waals surface area contributed by atoms with Crippen LogP contribution in [0.4, 0.5) is 0 Å². The zero-order valence-corrected chi connectivity index (χ0v) is 12.0. The summed E-state index contributed by atoms with van der Waals surface area (Å²) in [6.45, 7) is 4.50. The van der Waals surface area contributed by atoms with Crippen LogP contribution in [0.15, 0.2) is 60.8 Å². The molecule has 0 aliphatic rings. The summed E-state index contributed by atoms with van der Waals surface area (Å²) in [5.41, 5.74) is 3.66. The molecule has 0 amide bonds. The Morgan fingerprint density at radius 1 is 0.950 bits per heavy atom. The summed E-state index contributed by atoms with van der Waals surface area (Å²) in [6.07, 6.45) is 3.06. The minimum atomic E-state index is 0.615. The van der Waals surface area contributed by atoms with Crippen molar-refractivity contribution in [1.29, 1.82) is 0 Å². The normalized spacial score (nSPS) is 12.5. The molecule has 0 unspecified atom stereocenters. The Morgan fingerprint density at radius 2 is 1.70 bits per heavy atom. The van der Waals surface area contributed by atoms with E-state index in [1.165, 1.54) is 28.3 Å². The van der Waals surface area contributed by atoms with Gasteiger partial charge in [-0.25, -0.2) is 0 Å². The summed E-state index contributed by atoms with van der Waals surface area (Å²) in [4.78, 5) is 4.57. The van der Waals surface area contributed by atoms with Gasteiger partial charge in [0.2, 0.25) is 0 Å². The maximum atomic E-state index is 4.57. The number of hydrogen-bond donors (Lipinski definition) is 0. The highest BCUT2D eigenvalue weighted by Crippen LogP contribution is 2.28. The zero-order valence-electron chi connectivity index (χ0n) is 12.0. The minimum absolute atomic E-state index is 0.615. The summed E-state index contributed by atoms with van der Waals surface area (Å²) in [7, 11) is 0. The highest BCUT2D eigenvalue weighted by atomic mass is 14.7. The molecule has 0 saturated carbocycles. The molecule has 1 heteroatoms. The number of pyridine rings is 1. The third-order valence-electron chi connectivity index (χ3n) is 4.04. The van der Waals surface area contributed by atoms with Crippen molar-refractivity contribution in [3.05, 3.63) is 66.4 Å². The van der Waals surface area contributed by atoms with Crippen LogP contribution in [0.3, 0.4) is 0 Å². The van der Waals surface area contributed by atoms with E-state index in [1.54, 1.807) is 0 Å². The number of hydrogen-bond acceptors (Lipinski definition) is 1. The van der Waals surface area contributed by atoms with Crippen molar-refractivity contribution in [3.63, 3.8) is 0 Å². The van der Waals surface area contributed by atoms with Crippen molar-refractivity contribution in [1.82, 2.24) is 4.98 Å². The SMILES string of the molecule is CC[C@@H](C)c1ccc(-c2nccc3ccccc23)cc1. The lowest BCUT2D eigenvalue weighted by atomic mass is 9.96. The van der Waals surface area contributed by atoms with Crippen LogP contribution in [0.1, 0.15) is 31.7 Å². The molecule has 2 aromatic carbocycles. The van der Waals surface area contributed by atoms with Crippen molar-refractivity contribution in [2.45, 2.75) is 26.2 Å². The molecule has 0 aliphatic carbocycles. The largest absolute Gasteiger partial charge is 0.256 e. The van der Waals surface area contributed by atoms with Gasteiger partial charge in [0, 0.05) is 17.1 Å². The lowest BCUT2D eigenvalue weighted by Gasteiger charge is -2.10. The van der Waals surface area contributed by atoms with Gasteiger partial charge in [0.25, 0.3) is 0 Å². The lowest BCUT2D eigenvalue weighted by molar-refractivity contribution is 0.734. The van der Waals surface area contributed by atoms with Gasteiger partial charge in [-0.3, -0.25) is 4.98 Å². The van der Waals surface area contributed by atoms with Crippen LogP contribution in [0.5, 0.6) is 0 Å². The molecule has 0 fully saturated rings. The maximum absolute atomic E-state index is 4.57. The Hall–Kier alpha value is -2.15. The van der Waals surface area contributed by atoms with E-state index in [0.29, 0.717) is 5.92 Å². The van der Waals surface area contributed by atoms with Crippen LogP contribution in [-0.4, -0.2) is 4.98 Å². The van der Waals surface area contributed by atoms with Gasteiger partial charge in [-0.2, -0.15) is 0 Å². The smallest absolute Gasteiger partial charge is 0.0780 e. The molecule has 0 spiro atoms. The molecule has 0 N–H and O–H groups in total. The molecule has 100 valence electrons. The number of nitrogens with zero attached hydrogens (tertiary/aromatic N) is 1. The molecule has 1 nitrogen and oxygen atoms in total. The second-order valence-corrected chi connectivity index (χ2v) is 5.31. The molecule has 0 bridgehead atoms. The molecule has 0 saturated heterocycles. The monoisotopic (exact) mass is 261 g/mol. The van der Waals surface area contributed by atoms with Crippen LogP contribution in [0.2, 0.25) is 0 Å². The van der Waals surface area contributed by atoms with Crippen molar-refractivity contribution >= 4 is 10.8 Å². The Balaban J connectivity index is 2.07. The van der Waals surface area contributed by atoms with Crippen molar-refractivity contribution in [2.24, 2.45) is 0 Å². The highest BCUT2D eigenvalue weighted by molar-refractivity contribution is 5.94. The van der Waals surface area contributed by atoms with Crippen molar-refractivity contribution in [2.75, 3.05) is 0 Å². The summed E-state index contributed by atoms with van der Waals surface area (Å²) < 4.78 is 0. The minimum Gasteiger partial charge on any atom is -0.256 e. The molecule has 1 aromatic heterocycles. The highest BCUT2D eigenvalue weighted by Gasteiger charge is 2.06. The topological polar surface area (TPSA) is 12.9 Å². The fourth-order valence-electron chi connectivity index (χ4n) is 2.55. The predicted octanol–water partition coefficient (Wildman–Crippen LogP) is 5.42. The fraction of sp³-hybridized carbons (Fsp3) is 0.211. The van der Waals surface area contributed by atoms with Gasteiger partial charge >= 0.3 is 0 Å². The van der Waals surface area contributed by atoms with Crippen molar-refractivity contribution in [3.8, 4) is 11.3 Å². The first-order valence-corrected chi connectivity index (χ1v) is 7.23. The fourth-order valence-corrected chi connectivity index (χ4v) is 2.55. The number of rotatable bonds is 3. The average molecular weight is 261 g/mol. The van der Waals surface area contributed by atoms with Crippen molar-refractivity contribution < 1.29 is 0 Å². The summed E-state index contributed by atoms with van der Waals surface area (Å²) in [6, 6.07) is 19.3. The molecule has 20 heavy (non-hydrogen) atoms. The molecule has 0 aliphatic heterocycles. The third kappa shape index (κ3) is 2.32. The Kier molecular flexibility index (Phi) is 3.51. The van der Waals surface area contributed by atoms with Crippen LogP contribution in [-0.2, 0) is 0 Å². The molecule has 1 atom stereocenters. The molecule has 3 rings (SSSR count). The molecule has 3 aromatic rings. The van der Waals surface area contributed by atoms with Crippen LogP contribution < -0.4 is 0 Å². The standard InChI is InChI=1S/C19H19N/c1-3-14(2)15-8-10-17(11-9-15)19-18-7-5-4-6-16(18)12-13-20-19/h4-14H,3H2,1-2H3/t14-/m1/s1. The Labute approximate surface area is 120 Å². The second-order valence-electron chi connectivity index (χ2n) is 5.31. The quantitative estimate of drug-likeness (QED) is 0.614. The van der Waals surface area contributed by atoms with E-state index < -0.39 is 0 Å². The van der Waals surface area contributed by atoms with E-state index in [1.807, 2.05) is 6.20 Å². The van der Waals surface area contributed by atoms with Gasteiger partial charge < -0.3 is 0 Å². The van der Waals surface area contributed by atoms with E-state index in [9.17, 15) is 0 Å². The molecule has 1 heterocycles. The predicted molar refractivity (Wildman–Crippen MR) is 85.9 cm³/mol. The van der Waals surface area contributed by atoms with Gasteiger partial charge in [0.05, 0.1) is 5.69 Å². The van der Waals surface area contributed by atoms with Crippen LogP contribution in [0.25, 0.3) is 22.0 Å². The van der Waals surface area contributed by atoms with Gasteiger partial charge in [-0.1, -0.05) is 62.4 Å². The van der Waals surface area contributed by atoms with Gasteiger partial charge in [0.15, 0.2) is 0 Å². The zero-order chi connectivity index (χ0) is 13.9. The second kappa shape index (κ2) is 5.46. The maximum Gasteiger partial charge on any atom is 0.0780 e. The van der Waals surface area contributed by atoms with Gasteiger partial charge in [-0.15, -0.1) is 0 Å².